The van der Waals surface area contributed by atoms with Crippen LogP contribution in [0.4, 0.5) is 13.2 Å². The minimum absolute atomic E-state index is 0.175. The van der Waals surface area contributed by atoms with Crippen molar-refractivity contribution in [3.8, 4) is 0 Å². The molecule has 1 aliphatic rings. The molecule has 2 amide bonds. The lowest BCUT2D eigenvalue weighted by molar-refractivity contribution is -0.140. The number of aliphatic hydroxyl groups is 1. The van der Waals surface area contributed by atoms with Crippen LogP contribution in [0.1, 0.15) is 30.9 Å². The summed E-state index contributed by atoms with van der Waals surface area (Å²) < 4.78 is 35.9. The number of halogens is 3. The second-order valence-corrected chi connectivity index (χ2v) is 6.02. The van der Waals surface area contributed by atoms with Crippen molar-refractivity contribution in [3.05, 3.63) is 35.9 Å². The summed E-state index contributed by atoms with van der Waals surface area (Å²) in [4.78, 5) is 23.0. The largest absolute Gasteiger partial charge is 0.405 e. The number of carbonyl (C=O) groups excluding carboxylic acids is 2. The number of nitrogens with one attached hydrogen (secondary N) is 2. The average Bonchev–Trinajstić information content (AvgIpc) is 3.32. The summed E-state index contributed by atoms with van der Waals surface area (Å²) in [7, 11) is 0. The molecule has 1 atom stereocenters. The molecule has 8 heteroatoms. The zero-order chi connectivity index (χ0) is 17.8. The van der Waals surface area contributed by atoms with Gasteiger partial charge in [-0.05, 0) is 18.4 Å². The molecule has 0 radical (unpaired) electrons. The van der Waals surface area contributed by atoms with Crippen LogP contribution in [0.25, 0.3) is 0 Å². The number of benzene rings is 1. The first-order valence-electron chi connectivity index (χ1n) is 7.55. The van der Waals surface area contributed by atoms with Crippen LogP contribution < -0.4 is 10.6 Å². The first-order valence-corrected chi connectivity index (χ1v) is 7.55. The second kappa shape index (κ2) is 7.21. The molecule has 0 spiro atoms. The van der Waals surface area contributed by atoms with E-state index in [1.807, 2.05) is 6.07 Å². The average molecular weight is 344 g/mol. The van der Waals surface area contributed by atoms with E-state index in [2.05, 4.69) is 5.32 Å². The highest BCUT2D eigenvalue weighted by Crippen LogP contribution is 2.54. The molecule has 0 saturated heterocycles. The van der Waals surface area contributed by atoms with Gasteiger partial charge in [0.25, 0.3) is 0 Å². The van der Waals surface area contributed by atoms with E-state index in [1.54, 1.807) is 29.6 Å². The topological polar surface area (TPSA) is 78.4 Å². The highest BCUT2D eigenvalue weighted by Gasteiger charge is 2.49. The number of alkyl halides is 3. The van der Waals surface area contributed by atoms with Gasteiger partial charge in [0.2, 0.25) is 11.8 Å². The van der Waals surface area contributed by atoms with Crippen LogP contribution in [-0.4, -0.2) is 36.2 Å². The zero-order valence-corrected chi connectivity index (χ0v) is 12.9. The van der Waals surface area contributed by atoms with Crippen LogP contribution in [0.15, 0.2) is 30.3 Å². The molecule has 24 heavy (non-hydrogen) atoms. The fourth-order valence-electron chi connectivity index (χ4n) is 2.44. The van der Waals surface area contributed by atoms with E-state index in [9.17, 15) is 27.9 Å². The predicted molar refractivity (Wildman–Crippen MR) is 79.8 cm³/mol. The van der Waals surface area contributed by atoms with E-state index in [0.29, 0.717) is 0 Å². The number of hydrogen-bond acceptors (Lipinski definition) is 3. The standard InChI is InChI=1S/C16H19F3N2O3/c17-16(18,19)10-21-13(23)8-12(22)20-9-15(6-7-15)14(24)11-4-2-1-3-5-11/h1-5,14,24H,6-10H2,(H,20,22)(H,21,23). The van der Waals surface area contributed by atoms with Crippen molar-refractivity contribution >= 4 is 11.8 Å². The monoisotopic (exact) mass is 344 g/mol. The van der Waals surface area contributed by atoms with Crippen molar-refractivity contribution < 1.29 is 27.9 Å². The highest BCUT2D eigenvalue weighted by molar-refractivity contribution is 5.96. The molecule has 1 fully saturated rings. The fraction of sp³-hybridized carbons (Fsp3) is 0.500. The summed E-state index contributed by atoms with van der Waals surface area (Å²) in [5.74, 6) is -1.65. The van der Waals surface area contributed by atoms with Gasteiger partial charge in [-0.2, -0.15) is 13.2 Å². The van der Waals surface area contributed by atoms with E-state index in [0.717, 1.165) is 18.4 Å². The van der Waals surface area contributed by atoms with Gasteiger partial charge in [-0.25, -0.2) is 0 Å². The summed E-state index contributed by atoms with van der Waals surface area (Å²) in [5, 5.41) is 14.6. The maximum atomic E-state index is 12.0. The zero-order valence-electron chi connectivity index (χ0n) is 12.9. The number of carbonyl (C=O) groups is 2. The number of amides is 2. The first kappa shape index (κ1) is 18.3. The Hall–Kier alpha value is -2.09. The molecule has 1 saturated carbocycles. The molecule has 132 valence electrons. The van der Waals surface area contributed by atoms with Crippen LogP contribution in [0, 0.1) is 5.41 Å². The summed E-state index contributed by atoms with van der Waals surface area (Å²) in [6.45, 7) is -1.29. The Balaban J connectivity index is 1.78. The Morgan fingerprint density at radius 3 is 2.25 bits per heavy atom. The first-order chi connectivity index (χ1) is 11.2. The molecule has 1 aromatic rings. The van der Waals surface area contributed by atoms with Crippen molar-refractivity contribution in [2.24, 2.45) is 5.41 Å². The van der Waals surface area contributed by atoms with E-state index in [1.165, 1.54) is 0 Å². The van der Waals surface area contributed by atoms with Crippen LogP contribution in [0.2, 0.25) is 0 Å². The van der Waals surface area contributed by atoms with Crippen molar-refractivity contribution in [3.63, 3.8) is 0 Å². The van der Waals surface area contributed by atoms with Gasteiger partial charge in [-0.1, -0.05) is 30.3 Å². The van der Waals surface area contributed by atoms with Crippen molar-refractivity contribution in [1.82, 2.24) is 10.6 Å². The Morgan fingerprint density at radius 1 is 1.12 bits per heavy atom. The SMILES string of the molecule is O=C(CC(=O)NCC1(C(O)c2ccccc2)CC1)NCC(F)(F)F. The van der Waals surface area contributed by atoms with E-state index >= 15 is 0 Å². The molecule has 2 rings (SSSR count). The minimum Gasteiger partial charge on any atom is -0.388 e. The van der Waals surface area contributed by atoms with Gasteiger partial charge in [0, 0.05) is 12.0 Å². The van der Waals surface area contributed by atoms with Crippen molar-refractivity contribution in [2.45, 2.75) is 31.5 Å². The third kappa shape index (κ3) is 5.23. The summed E-state index contributed by atoms with van der Waals surface area (Å²) >= 11 is 0. The molecule has 1 unspecified atom stereocenters. The van der Waals surface area contributed by atoms with Gasteiger partial charge in [-0.15, -0.1) is 0 Å². The van der Waals surface area contributed by atoms with Crippen molar-refractivity contribution in [1.29, 1.82) is 0 Å². The Kier molecular flexibility index (Phi) is 5.48. The lowest BCUT2D eigenvalue weighted by Gasteiger charge is -2.23. The molecule has 3 N–H and O–H groups in total. The normalized spacial score (nSPS) is 17.0. The molecule has 0 aliphatic heterocycles. The molecule has 5 nitrogen and oxygen atoms in total. The van der Waals surface area contributed by atoms with E-state index in [-0.39, 0.29) is 6.54 Å². The predicted octanol–water partition coefficient (Wildman–Crippen LogP) is 1.68. The third-order valence-corrected chi connectivity index (χ3v) is 4.03. The third-order valence-electron chi connectivity index (χ3n) is 4.03. The summed E-state index contributed by atoms with van der Waals surface area (Å²) in [6, 6.07) is 9.02. The molecular weight excluding hydrogens is 325 g/mol. The number of rotatable bonds is 7. The van der Waals surface area contributed by atoms with Gasteiger partial charge in [0.05, 0.1) is 6.10 Å². The summed E-state index contributed by atoms with van der Waals surface area (Å²) in [5.41, 5.74) is 0.270. The van der Waals surface area contributed by atoms with E-state index in [4.69, 9.17) is 0 Å². The molecule has 0 bridgehead atoms. The lowest BCUT2D eigenvalue weighted by atomic mass is 9.92. The van der Waals surface area contributed by atoms with Gasteiger partial charge in [-0.3, -0.25) is 9.59 Å². The maximum absolute atomic E-state index is 12.0. The Morgan fingerprint density at radius 2 is 1.71 bits per heavy atom. The second-order valence-electron chi connectivity index (χ2n) is 6.02. The summed E-state index contributed by atoms with van der Waals surface area (Å²) in [6.07, 6.45) is -4.47. The highest BCUT2D eigenvalue weighted by atomic mass is 19.4. The van der Waals surface area contributed by atoms with Crippen LogP contribution in [0.3, 0.4) is 0 Å². The van der Waals surface area contributed by atoms with Gasteiger partial charge >= 0.3 is 6.18 Å². The lowest BCUT2D eigenvalue weighted by Crippen LogP contribution is -2.39. The Labute approximate surface area is 137 Å². The smallest absolute Gasteiger partial charge is 0.388 e. The fourth-order valence-corrected chi connectivity index (χ4v) is 2.44. The van der Waals surface area contributed by atoms with Crippen LogP contribution in [-0.2, 0) is 9.59 Å². The molecule has 1 aromatic carbocycles. The van der Waals surface area contributed by atoms with Gasteiger partial charge in [0.15, 0.2) is 0 Å². The number of aliphatic hydroxyl groups excluding tert-OH is 1. The minimum atomic E-state index is -4.51. The van der Waals surface area contributed by atoms with E-state index < -0.39 is 42.5 Å². The molecule has 0 aromatic heterocycles. The van der Waals surface area contributed by atoms with Crippen LogP contribution >= 0.6 is 0 Å². The molecule has 1 aliphatic carbocycles. The molecular formula is C16H19F3N2O3. The van der Waals surface area contributed by atoms with Gasteiger partial charge in [0.1, 0.15) is 13.0 Å². The maximum Gasteiger partial charge on any atom is 0.405 e. The Bertz CT molecular complexity index is 586. The van der Waals surface area contributed by atoms with Crippen molar-refractivity contribution in [2.75, 3.05) is 13.1 Å². The number of hydrogen-bond donors (Lipinski definition) is 3. The van der Waals surface area contributed by atoms with Crippen LogP contribution in [0.5, 0.6) is 0 Å². The van der Waals surface area contributed by atoms with Gasteiger partial charge < -0.3 is 15.7 Å². The quantitative estimate of drug-likeness (QED) is 0.659. The molecule has 0 heterocycles.